The van der Waals surface area contributed by atoms with Gasteiger partial charge < -0.3 is 0 Å². The van der Waals surface area contributed by atoms with Crippen LogP contribution in [0.15, 0.2) is 0 Å². The Morgan fingerprint density at radius 1 is 1.30 bits per heavy atom. The van der Waals surface area contributed by atoms with Crippen LogP contribution in [-0.4, -0.2) is 55.9 Å². The van der Waals surface area contributed by atoms with Crippen LogP contribution in [0, 0.1) is 10.8 Å². The molecule has 2 N–H and O–H groups in total. The average Bonchev–Trinajstić information content (AvgIpc) is 2.56. The zero-order chi connectivity index (χ0) is 20.9. The zero-order valence-electron chi connectivity index (χ0n) is 16.6. The van der Waals surface area contributed by atoms with Gasteiger partial charge in [0.15, 0.2) is 0 Å². The van der Waals surface area contributed by atoms with Gasteiger partial charge in [0.1, 0.15) is 0 Å². The van der Waals surface area contributed by atoms with Crippen LogP contribution in [0.1, 0.15) is 41.0 Å². The second-order valence-electron chi connectivity index (χ2n) is 7.86. The van der Waals surface area contributed by atoms with E-state index in [0.717, 1.165) is 0 Å². The van der Waals surface area contributed by atoms with E-state index in [2.05, 4.69) is 10.1 Å². The molecular weight excluding hydrogens is 381 g/mol. The first-order valence-electron chi connectivity index (χ1n) is 8.50. The van der Waals surface area contributed by atoms with Crippen molar-refractivity contribution in [3.05, 3.63) is 0 Å². The predicted molar refractivity (Wildman–Crippen MR) is 96.3 cm³/mol. The van der Waals surface area contributed by atoms with Crippen LogP contribution in [0.5, 0.6) is 0 Å². The van der Waals surface area contributed by atoms with Gasteiger partial charge in [-0.15, -0.1) is 0 Å². The van der Waals surface area contributed by atoms with Crippen LogP contribution in [0.25, 0.3) is 0 Å². The van der Waals surface area contributed by atoms with Crippen molar-refractivity contribution in [1.29, 1.82) is 0 Å². The molecule has 0 spiro atoms. The molecule has 10 nitrogen and oxygen atoms in total. The van der Waals surface area contributed by atoms with E-state index < -0.39 is 49.7 Å². The summed E-state index contributed by atoms with van der Waals surface area (Å²) in [6, 6.07) is 0. The molecule has 1 aliphatic heterocycles. The molecule has 1 atom stereocenters. The molecule has 1 heterocycles. The third kappa shape index (κ3) is 7.31. The number of hydrogen-bond donors (Lipinski definition) is 2. The fraction of sp³-hybridized carbons (Fsp3) is 0.812. The van der Waals surface area contributed by atoms with Gasteiger partial charge in [-0.2, -0.15) is 0 Å². The Morgan fingerprint density at radius 3 is 2.48 bits per heavy atom. The van der Waals surface area contributed by atoms with Crippen molar-refractivity contribution >= 4 is 26.0 Å². The summed E-state index contributed by atoms with van der Waals surface area (Å²) in [5.41, 5.74) is -1.48. The first-order chi connectivity index (χ1) is 12.3. The molecule has 0 radical (unpaired) electrons. The topological polar surface area (TPSA) is 130 Å². The summed E-state index contributed by atoms with van der Waals surface area (Å²) in [6.45, 7) is 7.97. The molecule has 1 aliphatic rings. The monoisotopic (exact) mass is 411 g/mol. The number of ether oxygens (including phenoxy) is 2. The molecular formula is C16H30NO9P. The van der Waals surface area contributed by atoms with Crippen molar-refractivity contribution in [3.63, 3.8) is 0 Å². The molecule has 1 fully saturated rings. The Balaban J connectivity index is 2.63. The Kier molecular flexibility index (Phi) is 8.13. The second kappa shape index (κ2) is 9.25. The van der Waals surface area contributed by atoms with Crippen molar-refractivity contribution in [1.82, 2.24) is 5.32 Å². The SMILES string of the molecule is COC(=O)CCNC(=O)[C@@H]1O[PH](O)(OCOC(=O)C(C)(C)C)OCC1(C)C. The van der Waals surface area contributed by atoms with Gasteiger partial charge in [-0.1, -0.05) is 0 Å². The minimum absolute atomic E-state index is 0.00196. The standard InChI is InChI=1S/C16H30NO9P/c1-15(2,3)14(20)23-10-25-27(21)24-9-16(4,5)12(26-27)13(19)17-8-7-11(18)22-6/h12,21,27H,7-10H2,1-6H3,(H,17,19)/t12-/m0/s1. The molecule has 0 aliphatic carbocycles. The van der Waals surface area contributed by atoms with Gasteiger partial charge in [0.2, 0.25) is 0 Å². The van der Waals surface area contributed by atoms with E-state index >= 15 is 0 Å². The average molecular weight is 411 g/mol. The van der Waals surface area contributed by atoms with Crippen LogP contribution in [0.2, 0.25) is 0 Å². The number of amides is 1. The summed E-state index contributed by atoms with van der Waals surface area (Å²) in [5.74, 6) is -1.50. The first kappa shape index (κ1) is 23.7. The van der Waals surface area contributed by atoms with Crippen LogP contribution < -0.4 is 5.32 Å². The summed E-state index contributed by atoms with van der Waals surface area (Å²) in [4.78, 5) is 45.7. The van der Waals surface area contributed by atoms with E-state index in [9.17, 15) is 19.3 Å². The molecule has 0 saturated carbocycles. The molecule has 27 heavy (non-hydrogen) atoms. The van der Waals surface area contributed by atoms with Gasteiger partial charge in [0.05, 0.1) is 0 Å². The van der Waals surface area contributed by atoms with Crippen LogP contribution in [0.4, 0.5) is 0 Å². The quantitative estimate of drug-likeness (QED) is 0.359. The van der Waals surface area contributed by atoms with Gasteiger partial charge in [-0.3, -0.25) is 0 Å². The predicted octanol–water partition coefficient (Wildman–Crippen LogP) is 1.07. The molecule has 0 aromatic carbocycles. The van der Waals surface area contributed by atoms with Crippen LogP contribution in [0.3, 0.4) is 0 Å². The third-order valence-electron chi connectivity index (χ3n) is 3.74. The van der Waals surface area contributed by atoms with Gasteiger partial charge in [0, 0.05) is 0 Å². The fourth-order valence-corrected chi connectivity index (χ4v) is 3.74. The van der Waals surface area contributed by atoms with E-state index in [1.54, 1.807) is 34.6 Å². The summed E-state index contributed by atoms with van der Waals surface area (Å²) < 4.78 is 25.3. The van der Waals surface area contributed by atoms with Crippen LogP contribution >= 0.6 is 8.17 Å². The number of carbonyl (C=O) groups excluding carboxylic acids is 3. The Bertz CT molecular complexity index is 561. The third-order valence-corrected chi connectivity index (χ3v) is 5.27. The van der Waals surface area contributed by atoms with Gasteiger partial charge in [-0.05, 0) is 0 Å². The first-order valence-corrected chi connectivity index (χ1v) is 10.2. The minimum atomic E-state index is -4.17. The molecule has 1 saturated heterocycles. The van der Waals surface area contributed by atoms with E-state index in [0.29, 0.717) is 0 Å². The molecule has 0 bridgehead atoms. The van der Waals surface area contributed by atoms with Gasteiger partial charge in [-0.25, -0.2) is 0 Å². The number of nitrogens with one attached hydrogen (secondary N) is 1. The fourth-order valence-electron chi connectivity index (χ4n) is 2.04. The summed E-state index contributed by atoms with van der Waals surface area (Å²) >= 11 is 0. The van der Waals surface area contributed by atoms with Crippen molar-refractivity contribution in [3.8, 4) is 0 Å². The normalized spacial score (nSPS) is 22.4. The zero-order valence-corrected chi connectivity index (χ0v) is 17.6. The molecule has 0 aromatic rings. The van der Waals surface area contributed by atoms with Gasteiger partial charge >= 0.3 is 159 Å². The Labute approximate surface area is 159 Å². The molecule has 0 unspecified atom stereocenters. The Hall–Kier alpha value is -1.32. The van der Waals surface area contributed by atoms with E-state index in [-0.39, 0.29) is 19.6 Å². The number of hydrogen-bond acceptors (Lipinski definition) is 9. The summed E-state index contributed by atoms with van der Waals surface area (Å²) in [6.07, 6.45) is -1.06. The molecule has 1 amide bonds. The maximum absolute atomic E-state index is 12.4. The van der Waals surface area contributed by atoms with E-state index in [1.807, 2.05) is 0 Å². The molecule has 158 valence electrons. The van der Waals surface area contributed by atoms with Crippen molar-refractivity contribution in [2.24, 2.45) is 10.8 Å². The summed E-state index contributed by atoms with van der Waals surface area (Å²) in [7, 11) is -2.92. The molecule has 0 aromatic heterocycles. The second-order valence-corrected chi connectivity index (χ2v) is 9.72. The van der Waals surface area contributed by atoms with Crippen molar-refractivity contribution in [2.75, 3.05) is 27.1 Å². The molecule has 11 heteroatoms. The number of carbonyl (C=O) groups is 3. The van der Waals surface area contributed by atoms with Crippen molar-refractivity contribution < 1.29 is 42.3 Å². The number of esters is 2. The van der Waals surface area contributed by atoms with Crippen molar-refractivity contribution in [2.45, 2.75) is 47.1 Å². The number of methoxy groups -OCH3 is 1. The number of rotatable bonds is 7. The van der Waals surface area contributed by atoms with Crippen LogP contribution in [-0.2, 0) is 37.4 Å². The van der Waals surface area contributed by atoms with E-state index in [1.165, 1.54) is 7.11 Å². The maximum atomic E-state index is 12.4. The summed E-state index contributed by atoms with van der Waals surface area (Å²) in [5, 5.41) is 2.56. The Morgan fingerprint density at radius 2 is 1.93 bits per heavy atom. The van der Waals surface area contributed by atoms with E-state index in [4.69, 9.17) is 18.3 Å². The molecule has 1 rings (SSSR count). The van der Waals surface area contributed by atoms with Gasteiger partial charge in [0.25, 0.3) is 0 Å².